The maximum atomic E-state index is 9.14. The molecule has 1 unspecified atom stereocenters. The maximum absolute atomic E-state index is 9.14. The molecule has 0 radical (unpaired) electrons. The van der Waals surface area contributed by atoms with Crippen molar-refractivity contribution in [3.63, 3.8) is 0 Å². The molecule has 6 heteroatoms. The van der Waals surface area contributed by atoms with Crippen LogP contribution in [0, 0.1) is 34.0 Å². The maximum Gasteiger partial charge on any atom is 0.176 e. The van der Waals surface area contributed by atoms with Crippen LogP contribution in [-0.4, -0.2) is 21.6 Å². The summed E-state index contributed by atoms with van der Waals surface area (Å²) in [6.07, 6.45) is 3.96. The molecule has 1 rings (SSSR count). The first-order valence-electron chi connectivity index (χ1n) is 6.61. The summed E-state index contributed by atoms with van der Waals surface area (Å²) in [4.78, 5) is 3.89. The highest BCUT2D eigenvalue weighted by molar-refractivity contribution is 5.35. The van der Waals surface area contributed by atoms with Crippen LogP contribution in [0.3, 0.4) is 0 Å². The molecule has 0 spiro atoms. The Balaban J connectivity index is 2.51. The lowest BCUT2D eigenvalue weighted by Crippen LogP contribution is -2.40. The Morgan fingerprint density at radius 1 is 1.30 bits per heavy atom. The van der Waals surface area contributed by atoms with Crippen LogP contribution in [0.1, 0.15) is 44.5 Å². The Morgan fingerprint density at radius 2 is 2.05 bits per heavy atom. The van der Waals surface area contributed by atoms with Crippen LogP contribution in [0.5, 0.6) is 0 Å². The van der Waals surface area contributed by atoms with Crippen molar-refractivity contribution in [2.75, 3.05) is 6.54 Å². The summed E-state index contributed by atoms with van der Waals surface area (Å²) in [6, 6.07) is 6.19. The van der Waals surface area contributed by atoms with Gasteiger partial charge in [-0.05, 0) is 32.7 Å². The molecule has 0 amide bonds. The molecule has 0 bridgehead atoms. The van der Waals surface area contributed by atoms with Gasteiger partial charge in [0.05, 0.1) is 12.4 Å². The third-order valence-electron chi connectivity index (χ3n) is 3.19. The van der Waals surface area contributed by atoms with Crippen molar-refractivity contribution < 1.29 is 0 Å². The molecule has 6 nitrogen and oxygen atoms in total. The zero-order valence-electron chi connectivity index (χ0n) is 11.8. The number of rotatable bonds is 7. The van der Waals surface area contributed by atoms with Gasteiger partial charge in [0, 0.05) is 6.54 Å². The number of nitriles is 3. The van der Waals surface area contributed by atoms with Crippen LogP contribution < -0.4 is 5.32 Å². The molecule has 104 valence electrons. The highest BCUT2D eigenvalue weighted by Gasteiger charge is 2.21. The van der Waals surface area contributed by atoms with Gasteiger partial charge in [0.25, 0.3) is 0 Å². The molecule has 1 aromatic heterocycles. The van der Waals surface area contributed by atoms with Crippen LogP contribution in [0.25, 0.3) is 0 Å². The van der Waals surface area contributed by atoms with Crippen LogP contribution in [0.4, 0.5) is 0 Å². The highest BCUT2D eigenvalue weighted by Crippen LogP contribution is 2.14. The topological polar surface area (TPSA) is 101 Å². The van der Waals surface area contributed by atoms with E-state index in [4.69, 9.17) is 15.8 Å². The molecule has 0 fully saturated rings. The van der Waals surface area contributed by atoms with Gasteiger partial charge < -0.3 is 4.57 Å². The summed E-state index contributed by atoms with van der Waals surface area (Å²) in [5.41, 5.74) is -0.0243. The van der Waals surface area contributed by atoms with Gasteiger partial charge in [-0.2, -0.15) is 15.8 Å². The van der Waals surface area contributed by atoms with E-state index in [2.05, 4.69) is 16.4 Å². The van der Waals surface area contributed by atoms with Gasteiger partial charge in [0.2, 0.25) is 0 Å². The molecule has 0 aromatic carbocycles. The molecule has 1 N–H and O–H groups in total. The van der Waals surface area contributed by atoms with E-state index in [0.29, 0.717) is 12.2 Å². The van der Waals surface area contributed by atoms with Gasteiger partial charge in [0.15, 0.2) is 11.4 Å². The number of unbranched alkanes of at least 4 members (excludes halogenated alkanes) is 1. The Bertz CT molecular complexity index is 568. The van der Waals surface area contributed by atoms with Gasteiger partial charge in [-0.15, -0.1) is 0 Å². The minimum Gasteiger partial charge on any atom is -0.321 e. The summed E-state index contributed by atoms with van der Waals surface area (Å²) in [6.45, 7) is 5.26. The van der Waals surface area contributed by atoms with Gasteiger partial charge in [-0.1, -0.05) is 6.92 Å². The molecular weight excluding hydrogens is 252 g/mol. The average molecular weight is 270 g/mol. The van der Waals surface area contributed by atoms with E-state index >= 15 is 0 Å². The minimum absolute atomic E-state index is 0.169. The number of nitrogens with zero attached hydrogens (tertiary/aromatic N) is 5. The first kappa shape index (κ1) is 15.7. The van der Waals surface area contributed by atoms with Crippen molar-refractivity contribution in [2.24, 2.45) is 0 Å². The van der Waals surface area contributed by atoms with E-state index in [1.165, 1.54) is 6.33 Å². The average Bonchev–Trinajstić information content (AvgIpc) is 2.86. The number of aromatic nitrogens is 2. The monoisotopic (exact) mass is 270 g/mol. The Labute approximate surface area is 119 Å². The molecule has 20 heavy (non-hydrogen) atoms. The third-order valence-corrected chi connectivity index (χ3v) is 3.19. The van der Waals surface area contributed by atoms with E-state index in [0.717, 1.165) is 25.8 Å². The van der Waals surface area contributed by atoms with Crippen molar-refractivity contribution in [1.82, 2.24) is 14.9 Å². The summed E-state index contributed by atoms with van der Waals surface area (Å²) in [5, 5.41) is 30.1. The number of aryl methyl sites for hydroxylation is 1. The van der Waals surface area contributed by atoms with Crippen molar-refractivity contribution in [1.29, 1.82) is 15.8 Å². The molecule has 1 atom stereocenters. The predicted molar refractivity (Wildman–Crippen MR) is 73.2 cm³/mol. The van der Waals surface area contributed by atoms with E-state index in [-0.39, 0.29) is 5.69 Å². The molecule has 0 aliphatic rings. The smallest absolute Gasteiger partial charge is 0.176 e. The SMILES string of the molecule is CCNC(C)(C#N)CCCCn1cnc(C#N)c1C#N. The molecular formula is C14H18N6. The molecule has 0 aliphatic heterocycles. The fourth-order valence-corrected chi connectivity index (χ4v) is 2.09. The van der Waals surface area contributed by atoms with Crippen LogP contribution in [0.15, 0.2) is 6.33 Å². The van der Waals surface area contributed by atoms with Gasteiger partial charge >= 0.3 is 0 Å². The minimum atomic E-state index is -0.500. The van der Waals surface area contributed by atoms with Gasteiger partial charge in [-0.25, -0.2) is 4.98 Å². The molecule has 1 aromatic rings. The largest absolute Gasteiger partial charge is 0.321 e. The van der Waals surface area contributed by atoms with Crippen LogP contribution >= 0.6 is 0 Å². The first-order chi connectivity index (χ1) is 9.60. The van der Waals surface area contributed by atoms with E-state index in [9.17, 15) is 0 Å². The lowest BCUT2D eigenvalue weighted by molar-refractivity contribution is 0.404. The fourth-order valence-electron chi connectivity index (χ4n) is 2.09. The molecule has 0 saturated carbocycles. The molecule has 0 saturated heterocycles. The summed E-state index contributed by atoms with van der Waals surface area (Å²) < 4.78 is 1.69. The van der Waals surface area contributed by atoms with Crippen molar-refractivity contribution in [2.45, 2.75) is 45.2 Å². The van der Waals surface area contributed by atoms with Crippen LogP contribution in [-0.2, 0) is 6.54 Å². The quantitative estimate of drug-likeness (QED) is 0.760. The number of imidazole rings is 1. The van der Waals surface area contributed by atoms with Crippen molar-refractivity contribution in [3.05, 3.63) is 17.7 Å². The Hall–Kier alpha value is -2.36. The summed E-state index contributed by atoms with van der Waals surface area (Å²) in [5.74, 6) is 0. The fraction of sp³-hybridized carbons (Fsp3) is 0.571. The van der Waals surface area contributed by atoms with E-state index in [1.54, 1.807) is 4.57 Å². The zero-order chi connectivity index (χ0) is 15.0. The van der Waals surface area contributed by atoms with E-state index < -0.39 is 5.54 Å². The normalized spacial score (nSPS) is 12.9. The Kier molecular flexibility index (Phi) is 5.72. The Morgan fingerprint density at radius 3 is 2.60 bits per heavy atom. The number of hydrogen-bond donors (Lipinski definition) is 1. The second-order valence-corrected chi connectivity index (χ2v) is 4.79. The van der Waals surface area contributed by atoms with Gasteiger partial charge in [0.1, 0.15) is 17.7 Å². The standard InChI is InChI=1S/C14H18N6/c1-3-19-14(2,10-17)6-4-5-7-20-11-18-12(8-15)13(20)9-16/h11,19H,3-7H2,1-2H3. The summed E-state index contributed by atoms with van der Waals surface area (Å²) >= 11 is 0. The second-order valence-electron chi connectivity index (χ2n) is 4.79. The first-order valence-corrected chi connectivity index (χ1v) is 6.61. The number of hydrogen-bond acceptors (Lipinski definition) is 5. The lowest BCUT2D eigenvalue weighted by atomic mass is 9.96. The zero-order valence-corrected chi connectivity index (χ0v) is 11.8. The van der Waals surface area contributed by atoms with Crippen LogP contribution in [0.2, 0.25) is 0 Å². The van der Waals surface area contributed by atoms with E-state index in [1.807, 2.05) is 26.0 Å². The molecule has 1 heterocycles. The second kappa shape index (κ2) is 7.28. The number of nitrogens with one attached hydrogen (secondary N) is 1. The van der Waals surface area contributed by atoms with Crippen molar-refractivity contribution in [3.8, 4) is 18.2 Å². The third kappa shape index (κ3) is 3.82. The summed E-state index contributed by atoms with van der Waals surface area (Å²) in [7, 11) is 0. The predicted octanol–water partition coefficient (Wildman–Crippen LogP) is 1.69. The molecule has 0 aliphatic carbocycles. The van der Waals surface area contributed by atoms with Crippen molar-refractivity contribution >= 4 is 0 Å². The van der Waals surface area contributed by atoms with Gasteiger partial charge in [-0.3, -0.25) is 5.32 Å². The lowest BCUT2D eigenvalue weighted by Gasteiger charge is -2.22. The highest BCUT2D eigenvalue weighted by atomic mass is 15.1.